The molecule has 0 aliphatic carbocycles. The van der Waals surface area contributed by atoms with Gasteiger partial charge in [0.15, 0.2) is 0 Å². The van der Waals surface area contributed by atoms with Crippen molar-refractivity contribution in [1.29, 1.82) is 0 Å². The molecule has 6 heteroatoms. The maximum Gasteiger partial charge on any atom is 0.216 e. The minimum absolute atomic E-state index is 0.0445. The molecule has 0 fully saturated rings. The standard InChI is InChI=1S/C15H19N3O2S/c1-12-6-7-17-9-15(12)10-18-21(19,20)11-14-4-2-13(8-16)3-5-14/h2-7,9,18H,8,10-11,16H2,1H3. The first-order valence-corrected chi connectivity index (χ1v) is 8.30. The Morgan fingerprint density at radius 1 is 1.14 bits per heavy atom. The summed E-state index contributed by atoms with van der Waals surface area (Å²) in [5, 5.41) is 0. The van der Waals surface area contributed by atoms with Crippen molar-refractivity contribution in [2.24, 2.45) is 5.73 Å². The van der Waals surface area contributed by atoms with Crippen LogP contribution in [-0.4, -0.2) is 13.4 Å². The highest BCUT2D eigenvalue weighted by molar-refractivity contribution is 7.88. The second kappa shape index (κ2) is 6.80. The number of sulfonamides is 1. The van der Waals surface area contributed by atoms with Crippen LogP contribution in [0.2, 0.25) is 0 Å². The van der Waals surface area contributed by atoms with Crippen LogP contribution in [0.25, 0.3) is 0 Å². The third-order valence-corrected chi connectivity index (χ3v) is 4.54. The van der Waals surface area contributed by atoms with Crippen LogP contribution in [0, 0.1) is 6.92 Å². The second-order valence-electron chi connectivity index (χ2n) is 4.90. The summed E-state index contributed by atoms with van der Waals surface area (Å²) in [6.45, 7) is 2.63. The van der Waals surface area contributed by atoms with Crippen LogP contribution in [-0.2, 0) is 28.9 Å². The van der Waals surface area contributed by atoms with Crippen molar-refractivity contribution in [1.82, 2.24) is 9.71 Å². The third kappa shape index (κ3) is 4.63. The molecule has 0 saturated carbocycles. The predicted molar refractivity (Wildman–Crippen MR) is 82.8 cm³/mol. The Morgan fingerprint density at radius 2 is 1.81 bits per heavy atom. The summed E-state index contributed by atoms with van der Waals surface area (Å²) in [6, 6.07) is 9.12. The lowest BCUT2D eigenvalue weighted by molar-refractivity contribution is 0.580. The average Bonchev–Trinajstić information content (AvgIpc) is 2.47. The normalized spacial score (nSPS) is 11.5. The second-order valence-corrected chi connectivity index (χ2v) is 6.71. The molecule has 1 aromatic carbocycles. The monoisotopic (exact) mass is 305 g/mol. The van der Waals surface area contributed by atoms with Gasteiger partial charge in [0, 0.05) is 25.5 Å². The number of pyridine rings is 1. The number of nitrogens with one attached hydrogen (secondary N) is 1. The zero-order chi connectivity index (χ0) is 15.3. The van der Waals surface area contributed by atoms with Crippen LogP contribution in [0.1, 0.15) is 22.3 Å². The molecule has 0 spiro atoms. The maximum atomic E-state index is 12.1. The van der Waals surface area contributed by atoms with E-state index in [1.165, 1.54) is 0 Å². The van der Waals surface area contributed by atoms with Crippen molar-refractivity contribution >= 4 is 10.0 Å². The Bertz CT molecular complexity index is 697. The van der Waals surface area contributed by atoms with Crippen molar-refractivity contribution in [2.45, 2.75) is 25.8 Å². The van der Waals surface area contributed by atoms with Gasteiger partial charge in [-0.05, 0) is 35.2 Å². The highest BCUT2D eigenvalue weighted by atomic mass is 32.2. The van der Waals surface area contributed by atoms with E-state index in [-0.39, 0.29) is 12.3 Å². The average molecular weight is 305 g/mol. The molecule has 2 aromatic rings. The SMILES string of the molecule is Cc1ccncc1CNS(=O)(=O)Cc1ccc(CN)cc1. The van der Waals surface area contributed by atoms with E-state index in [9.17, 15) is 8.42 Å². The van der Waals surface area contributed by atoms with Gasteiger partial charge in [0.05, 0.1) is 5.75 Å². The molecular weight excluding hydrogens is 286 g/mol. The van der Waals surface area contributed by atoms with Gasteiger partial charge >= 0.3 is 0 Å². The first kappa shape index (κ1) is 15.6. The van der Waals surface area contributed by atoms with Gasteiger partial charge in [-0.1, -0.05) is 24.3 Å². The third-order valence-electron chi connectivity index (χ3n) is 3.25. The Balaban J connectivity index is 2.00. The number of hydrogen-bond acceptors (Lipinski definition) is 4. The van der Waals surface area contributed by atoms with E-state index >= 15 is 0 Å². The van der Waals surface area contributed by atoms with E-state index in [2.05, 4.69) is 9.71 Å². The fraction of sp³-hybridized carbons (Fsp3) is 0.267. The van der Waals surface area contributed by atoms with Gasteiger partial charge in [-0.2, -0.15) is 0 Å². The Labute approximate surface area is 125 Å². The molecular formula is C15H19N3O2S. The van der Waals surface area contributed by atoms with Gasteiger partial charge in [0.2, 0.25) is 10.0 Å². The molecule has 3 N–H and O–H groups in total. The van der Waals surface area contributed by atoms with Crippen LogP contribution >= 0.6 is 0 Å². The zero-order valence-corrected chi connectivity index (χ0v) is 12.7. The van der Waals surface area contributed by atoms with Crippen LogP contribution < -0.4 is 10.5 Å². The zero-order valence-electron chi connectivity index (χ0n) is 11.9. The fourth-order valence-corrected chi connectivity index (χ4v) is 3.02. The number of nitrogens with two attached hydrogens (primary N) is 1. The molecule has 0 radical (unpaired) electrons. The molecule has 0 bridgehead atoms. The van der Waals surface area contributed by atoms with E-state index in [4.69, 9.17) is 5.73 Å². The van der Waals surface area contributed by atoms with Gasteiger partial charge in [-0.3, -0.25) is 4.98 Å². The van der Waals surface area contributed by atoms with E-state index in [0.717, 1.165) is 22.3 Å². The molecule has 0 aliphatic heterocycles. The summed E-state index contributed by atoms with van der Waals surface area (Å²) in [4.78, 5) is 4.00. The smallest absolute Gasteiger partial charge is 0.216 e. The quantitative estimate of drug-likeness (QED) is 0.846. The van der Waals surface area contributed by atoms with Crippen LogP contribution in [0.5, 0.6) is 0 Å². The summed E-state index contributed by atoms with van der Waals surface area (Å²) < 4.78 is 26.8. The van der Waals surface area contributed by atoms with Gasteiger partial charge in [0.25, 0.3) is 0 Å². The maximum absolute atomic E-state index is 12.1. The van der Waals surface area contributed by atoms with Crippen LogP contribution in [0.15, 0.2) is 42.7 Å². The number of aromatic nitrogens is 1. The molecule has 0 atom stereocenters. The molecule has 0 amide bonds. The first-order chi connectivity index (χ1) is 10.00. The van der Waals surface area contributed by atoms with E-state index < -0.39 is 10.0 Å². The minimum Gasteiger partial charge on any atom is -0.326 e. The number of aryl methyl sites for hydroxylation is 1. The lowest BCUT2D eigenvalue weighted by atomic mass is 10.1. The summed E-state index contributed by atoms with van der Waals surface area (Å²) in [7, 11) is -3.38. The summed E-state index contributed by atoms with van der Waals surface area (Å²) in [5.41, 5.74) is 9.13. The van der Waals surface area contributed by atoms with Crippen molar-refractivity contribution in [3.05, 3.63) is 65.0 Å². The molecule has 0 unspecified atom stereocenters. The van der Waals surface area contributed by atoms with E-state index in [1.54, 1.807) is 24.5 Å². The van der Waals surface area contributed by atoms with E-state index in [1.807, 2.05) is 25.1 Å². The number of rotatable bonds is 6. The molecule has 2 rings (SSSR count). The van der Waals surface area contributed by atoms with Crippen LogP contribution in [0.3, 0.4) is 0 Å². The van der Waals surface area contributed by atoms with Crippen LogP contribution in [0.4, 0.5) is 0 Å². The van der Waals surface area contributed by atoms with Crippen molar-refractivity contribution in [2.75, 3.05) is 0 Å². The Kier molecular flexibility index (Phi) is 5.06. The molecule has 0 aliphatic rings. The number of hydrogen-bond donors (Lipinski definition) is 2. The lowest BCUT2D eigenvalue weighted by Gasteiger charge is -2.09. The Hall–Kier alpha value is -1.76. The summed E-state index contributed by atoms with van der Waals surface area (Å²) in [6.07, 6.45) is 3.36. The highest BCUT2D eigenvalue weighted by Crippen LogP contribution is 2.09. The Morgan fingerprint density at radius 3 is 2.43 bits per heavy atom. The summed E-state index contributed by atoms with van der Waals surface area (Å²) >= 11 is 0. The van der Waals surface area contributed by atoms with Gasteiger partial charge in [0.1, 0.15) is 0 Å². The topological polar surface area (TPSA) is 85.1 Å². The first-order valence-electron chi connectivity index (χ1n) is 6.65. The molecule has 112 valence electrons. The summed E-state index contributed by atoms with van der Waals surface area (Å²) in [5.74, 6) is -0.0445. The molecule has 0 saturated heterocycles. The van der Waals surface area contributed by atoms with Crippen molar-refractivity contribution in [3.8, 4) is 0 Å². The number of nitrogens with zero attached hydrogens (tertiary/aromatic N) is 1. The molecule has 5 nitrogen and oxygen atoms in total. The molecule has 1 aromatic heterocycles. The molecule has 21 heavy (non-hydrogen) atoms. The lowest BCUT2D eigenvalue weighted by Crippen LogP contribution is -2.25. The van der Waals surface area contributed by atoms with E-state index in [0.29, 0.717) is 6.54 Å². The largest absolute Gasteiger partial charge is 0.326 e. The predicted octanol–water partition coefficient (Wildman–Crippen LogP) is 1.47. The van der Waals surface area contributed by atoms with Crippen molar-refractivity contribution < 1.29 is 8.42 Å². The van der Waals surface area contributed by atoms with Gasteiger partial charge < -0.3 is 5.73 Å². The number of benzene rings is 1. The van der Waals surface area contributed by atoms with Gasteiger partial charge in [-0.25, -0.2) is 13.1 Å². The van der Waals surface area contributed by atoms with Gasteiger partial charge in [-0.15, -0.1) is 0 Å². The minimum atomic E-state index is -3.38. The fourth-order valence-electron chi connectivity index (χ4n) is 1.91. The molecule has 1 heterocycles. The highest BCUT2D eigenvalue weighted by Gasteiger charge is 2.12. The van der Waals surface area contributed by atoms with Crippen molar-refractivity contribution in [3.63, 3.8) is 0 Å².